The number of carbonyl (C=O) groups is 1. The summed E-state index contributed by atoms with van der Waals surface area (Å²) in [7, 11) is 0. The van der Waals surface area contributed by atoms with Crippen LogP contribution in [0.25, 0.3) is 0 Å². The first-order valence-corrected chi connectivity index (χ1v) is 4.94. The van der Waals surface area contributed by atoms with Gasteiger partial charge in [0.1, 0.15) is 5.78 Å². The summed E-state index contributed by atoms with van der Waals surface area (Å²) in [6.45, 7) is 4.67. The van der Waals surface area contributed by atoms with Crippen molar-refractivity contribution in [3.8, 4) is 0 Å². The zero-order chi connectivity index (χ0) is 10.2. The van der Waals surface area contributed by atoms with Crippen LogP contribution in [0.4, 0.5) is 0 Å². The molecule has 1 atom stereocenters. The molecule has 0 aliphatic carbocycles. The first kappa shape index (κ1) is 12.2. The highest BCUT2D eigenvalue weighted by atomic mass is 35.5. The van der Waals surface area contributed by atoms with E-state index in [0.29, 0.717) is 18.7 Å². The topological polar surface area (TPSA) is 29.1 Å². The van der Waals surface area contributed by atoms with Crippen molar-refractivity contribution in [1.82, 2.24) is 5.32 Å². The molecular weight excluding hydrogens is 210 g/mol. The third-order valence-electron chi connectivity index (χ3n) is 2.88. The lowest BCUT2D eigenvalue weighted by atomic mass is 9.89. The summed E-state index contributed by atoms with van der Waals surface area (Å²) in [6, 6.07) is 8.34. The van der Waals surface area contributed by atoms with E-state index in [1.165, 1.54) is 11.1 Å². The Labute approximate surface area is 96.5 Å². The quantitative estimate of drug-likeness (QED) is 0.794. The van der Waals surface area contributed by atoms with Gasteiger partial charge in [-0.2, -0.15) is 0 Å². The maximum absolute atomic E-state index is 11.3. The highest BCUT2D eigenvalue weighted by Crippen LogP contribution is 2.28. The Morgan fingerprint density at radius 2 is 2.13 bits per heavy atom. The molecule has 2 nitrogen and oxygen atoms in total. The number of ketones is 1. The number of nitrogens with one attached hydrogen (secondary N) is 1. The van der Waals surface area contributed by atoms with Gasteiger partial charge in [0.25, 0.3) is 0 Å². The first-order valence-electron chi connectivity index (χ1n) is 4.94. The van der Waals surface area contributed by atoms with Crippen LogP contribution in [0, 0.1) is 6.92 Å². The predicted octanol–water partition coefficient (Wildman–Crippen LogP) is 2.19. The second kappa shape index (κ2) is 4.33. The maximum Gasteiger partial charge on any atom is 0.148 e. The Bertz CT molecular complexity index is 378. The molecule has 0 bridgehead atoms. The summed E-state index contributed by atoms with van der Waals surface area (Å²) < 4.78 is 0. The molecule has 2 rings (SSSR count). The lowest BCUT2D eigenvalue weighted by molar-refractivity contribution is -0.116. The molecule has 15 heavy (non-hydrogen) atoms. The van der Waals surface area contributed by atoms with E-state index in [9.17, 15) is 4.79 Å². The van der Waals surface area contributed by atoms with Crippen molar-refractivity contribution in [2.24, 2.45) is 0 Å². The minimum atomic E-state index is -0.150. The van der Waals surface area contributed by atoms with Crippen molar-refractivity contribution in [3.63, 3.8) is 0 Å². The van der Waals surface area contributed by atoms with Crippen molar-refractivity contribution in [2.45, 2.75) is 25.8 Å². The average molecular weight is 226 g/mol. The summed E-state index contributed by atoms with van der Waals surface area (Å²) in [5, 5.41) is 3.28. The molecule has 1 aromatic carbocycles. The molecule has 0 spiro atoms. The molecule has 1 saturated heterocycles. The number of hydrogen-bond donors (Lipinski definition) is 1. The van der Waals surface area contributed by atoms with E-state index < -0.39 is 0 Å². The molecule has 3 heteroatoms. The molecule has 0 saturated carbocycles. The normalized spacial score (nSPS) is 25.1. The first-order chi connectivity index (χ1) is 6.60. The van der Waals surface area contributed by atoms with Crippen LogP contribution in [0.5, 0.6) is 0 Å². The van der Waals surface area contributed by atoms with Gasteiger partial charge in [-0.3, -0.25) is 4.79 Å². The van der Waals surface area contributed by atoms with E-state index in [1.807, 2.05) is 6.07 Å². The number of benzene rings is 1. The summed E-state index contributed by atoms with van der Waals surface area (Å²) in [6.07, 6.45) is 0.608. The van der Waals surface area contributed by atoms with E-state index in [-0.39, 0.29) is 17.9 Å². The Morgan fingerprint density at radius 1 is 1.40 bits per heavy atom. The third kappa shape index (κ3) is 2.39. The smallest absolute Gasteiger partial charge is 0.148 e. The van der Waals surface area contributed by atoms with Crippen LogP contribution in [0.2, 0.25) is 0 Å². The molecule has 1 heterocycles. The number of carbonyl (C=O) groups excluding carboxylic acids is 1. The molecule has 1 aliphatic rings. The van der Waals surface area contributed by atoms with Crippen LogP contribution in [-0.2, 0) is 10.3 Å². The van der Waals surface area contributed by atoms with Crippen LogP contribution in [0.15, 0.2) is 24.3 Å². The molecule has 0 amide bonds. The summed E-state index contributed by atoms with van der Waals surface area (Å²) in [5.41, 5.74) is 2.30. The largest absolute Gasteiger partial charge is 0.300 e. The van der Waals surface area contributed by atoms with Gasteiger partial charge in [0, 0.05) is 12.0 Å². The van der Waals surface area contributed by atoms with Gasteiger partial charge < -0.3 is 5.32 Å². The van der Waals surface area contributed by atoms with Crippen LogP contribution >= 0.6 is 12.4 Å². The Morgan fingerprint density at radius 3 is 2.67 bits per heavy atom. The van der Waals surface area contributed by atoms with Gasteiger partial charge >= 0.3 is 0 Å². The third-order valence-corrected chi connectivity index (χ3v) is 2.88. The van der Waals surface area contributed by atoms with Crippen molar-refractivity contribution in [1.29, 1.82) is 0 Å². The van der Waals surface area contributed by atoms with Gasteiger partial charge in [0.15, 0.2) is 0 Å². The van der Waals surface area contributed by atoms with E-state index in [1.54, 1.807) is 0 Å². The van der Waals surface area contributed by atoms with Crippen molar-refractivity contribution in [2.75, 3.05) is 6.54 Å². The zero-order valence-corrected chi connectivity index (χ0v) is 9.86. The number of aryl methyl sites for hydroxylation is 1. The molecule has 0 radical (unpaired) electrons. The zero-order valence-electron chi connectivity index (χ0n) is 9.04. The van der Waals surface area contributed by atoms with Crippen LogP contribution in [-0.4, -0.2) is 12.3 Å². The molecule has 82 valence electrons. The van der Waals surface area contributed by atoms with Gasteiger partial charge in [0.2, 0.25) is 0 Å². The summed E-state index contributed by atoms with van der Waals surface area (Å²) in [4.78, 5) is 11.3. The molecule has 1 N–H and O–H groups in total. The van der Waals surface area contributed by atoms with E-state index >= 15 is 0 Å². The minimum absolute atomic E-state index is 0. The average Bonchev–Trinajstić information content (AvgIpc) is 2.48. The fourth-order valence-corrected chi connectivity index (χ4v) is 2.01. The van der Waals surface area contributed by atoms with Gasteiger partial charge in [-0.05, 0) is 19.4 Å². The monoisotopic (exact) mass is 225 g/mol. The van der Waals surface area contributed by atoms with E-state index in [4.69, 9.17) is 0 Å². The molecule has 1 fully saturated rings. The van der Waals surface area contributed by atoms with Crippen LogP contribution < -0.4 is 5.32 Å². The van der Waals surface area contributed by atoms with E-state index in [2.05, 4.69) is 37.4 Å². The van der Waals surface area contributed by atoms with Gasteiger partial charge in [-0.25, -0.2) is 0 Å². The predicted molar refractivity (Wildman–Crippen MR) is 63.4 cm³/mol. The lowest BCUT2D eigenvalue weighted by Crippen LogP contribution is -2.33. The van der Waals surface area contributed by atoms with E-state index in [0.717, 1.165) is 0 Å². The SMILES string of the molecule is Cc1cccc(C2(C)CC(=O)CN2)c1.Cl. The summed E-state index contributed by atoms with van der Waals surface area (Å²) >= 11 is 0. The Kier molecular flexibility index (Phi) is 3.53. The maximum atomic E-state index is 11.3. The number of halogens is 1. The number of hydrogen-bond acceptors (Lipinski definition) is 2. The minimum Gasteiger partial charge on any atom is -0.300 e. The standard InChI is InChI=1S/C12H15NO.ClH/c1-9-4-3-5-10(6-9)12(2)7-11(14)8-13-12;/h3-6,13H,7-8H2,1-2H3;1H. The highest BCUT2D eigenvalue weighted by Gasteiger charge is 2.34. The van der Waals surface area contributed by atoms with Gasteiger partial charge in [0.05, 0.1) is 6.54 Å². The van der Waals surface area contributed by atoms with Crippen LogP contribution in [0.3, 0.4) is 0 Å². The van der Waals surface area contributed by atoms with Gasteiger partial charge in [-0.1, -0.05) is 29.8 Å². The molecule has 1 unspecified atom stereocenters. The number of Topliss-reactive ketones (excluding diaryl/α,β-unsaturated/α-hetero) is 1. The van der Waals surface area contributed by atoms with Crippen LogP contribution in [0.1, 0.15) is 24.5 Å². The van der Waals surface area contributed by atoms with Crippen molar-refractivity contribution in [3.05, 3.63) is 35.4 Å². The number of rotatable bonds is 1. The van der Waals surface area contributed by atoms with Gasteiger partial charge in [-0.15, -0.1) is 12.4 Å². The second-order valence-electron chi connectivity index (χ2n) is 4.27. The Hall–Kier alpha value is -0.860. The highest BCUT2D eigenvalue weighted by molar-refractivity contribution is 5.85. The Balaban J connectivity index is 0.00000112. The fourth-order valence-electron chi connectivity index (χ4n) is 2.01. The lowest BCUT2D eigenvalue weighted by Gasteiger charge is -2.24. The molecule has 0 aromatic heterocycles. The molecule has 1 aromatic rings. The summed E-state index contributed by atoms with van der Waals surface area (Å²) in [5.74, 6) is 0.300. The molecular formula is C12H16ClNO. The van der Waals surface area contributed by atoms with Crippen molar-refractivity contribution >= 4 is 18.2 Å². The van der Waals surface area contributed by atoms with Crippen molar-refractivity contribution < 1.29 is 4.79 Å². The molecule has 1 aliphatic heterocycles. The fraction of sp³-hybridized carbons (Fsp3) is 0.417. The second-order valence-corrected chi connectivity index (χ2v) is 4.27.